The fraction of sp³-hybridized carbons (Fsp3) is 0.500. The predicted octanol–water partition coefficient (Wildman–Crippen LogP) is -1.17. The molecule has 0 saturated carbocycles. The Balaban J connectivity index is 2.13. The average Bonchev–Trinajstić information content (AvgIpc) is 2.48. The van der Waals surface area contributed by atoms with E-state index in [0.717, 1.165) is 5.56 Å². The Kier molecular flexibility index (Phi) is 5.71. The first kappa shape index (κ1) is 17.8. The number of hydrogen-bond acceptors (Lipinski definition) is 6. The van der Waals surface area contributed by atoms with Crippen molar-refractivity contribution in [3.63, 3.8) is 0 Å². The molecule has 9 heteroatoms. The maximum absolute atomic E-state index is 11.7. The van der Waals surface area contributed by atoms with E-state index in [2.05, 4.69) is 0 Å². The molecule has 2 rings (SSSR count). The van der Waals surface area contributed by atoms with E-state index >= 15 is 0 Å². The van der Waals surface area contributed by atoms with Gasteiger partial charge in [-0.25, -0.2) is 0 Å². The SMILES string of the molecule is NCC(N1CCN(Cc2ccccc2)CC1C(N)=O)S(=O)(=O)O. The van der Waals surface area contributed by atoms with Gasteiger partial charge in [0.05, 0.1) is 0 Å². The summed E-state index contributed by atoms with van der Waals surface area (Å²) in [6, 6.07) is 8.92. The van der Waals surface area contributed by atoms with Crippen molar-refractivity contribution in [2.24, 2.45) is 11.5 Å². The number of piperazine rings is 1. The molecule has 23 heavy (non-hydrogen) atoms. The first-order valence-corrected chi connectivity index (χ1v) is 8.81. The molecule has 0 radical (unpaired) electrons. The number of carbonyl (C=O) groups excluding carboxylic acids is 1. The number of hydrogen-bond donors (Lipinski definition) is 3. The molecule has 1 aliphatic rings. The molecule has 1 aromatic carbocycles. The first-order valence-electron chi connectivity index (χ1n) is 7.30. The third-order valence-corrected chi connectivity index (χ3v) is 5.15. The molecule has 0 aliphatic carbocycles. The molecule has 1 fully saturated rings. The zero-order valence-electron chi connectivity index (χ0n) is 12.7. The quantitative estimate of drug-likeness (QED) is 0.555. The summed E-state index contributed by atoms with van der Waals surface area (Å²) >= 11 is 0. The Morgan fingerprint density at radius 1 is 1.30 bits per heavy atom. The standard InChI is InChI=1S/C14H22N4O4S/c15-8-13(23(20,21)22)18-7-6-17(10-12(18)14(16)19)9-11-4-2-1-3-5-11/h1-5,12-13H,6-10,15H2,(H2,16,19)(H,20,21,22). The minimum absolute atomic E-state index is 0.280. The van der Waals surface area contributed by atoms with Crippen LogP contribution < -0.4 is 11.5 Å². The maximum atomic E-state index is 11.7. The minimum Gasteiger partial charge on any atom is -0.368 e. The Morgan fingerprint density at radius 2 is 1.96 bits per heavy atom. The van der Waals surface area contributed by atoms with E-state index in [1.807, 2.05) is 35.2 Å². The number of benzene rings is 1. The summed E-state index contributed by atoms with van der Waals surface area (Å²) in [6.07, 6.45) is 0. The van der Waals surface area contributed by atoms with Gasteiger partial charge in [-0.15, -0.1) is 0 Å². The highest BCUT2D eigenvalue weighted by Crippen LogP contribution is 2.18. The van der Waals surface area contributed by atoms with Crippen LogP contribution in [0.15, 0.2) is 30.3 Å². The summed E-state index contributed by atoms with van der Waals surface area (Å²) in [5, 5.41) is -1.32. The summed E-state index contributed by atoms with van der Waals surface area (Å²) in [5.74, 6) is -0.634. The topological polar surface area (TPSA) is 130 Å². The van der Waals surface area contributed by atoms with Crippen LogP contribution in [-0.2, 0) is 21.5 Å². The van der Waals surface area contributed by atoms with Crippen LogP contribution in [0.4, 0.5) is 0 Å². The molecule has 1 aromatic rings. The highest BCUT2D eigenvalue weighted by Gasteiger charge is 2.39. The molecule has 128 valence electrons. The fourth-order valence-corrected chi connectivity index (χ4v) is 3.70. The Morgan fingerprint density at radius 3 is 2.48 bits per heavy atom. The van der Waals surface area contributed by atoms with Gasteiger partial charge >= 0.3 is 0 Å². The van der Waals surface area contributed by atoms with E-state index in [0.29, 0.717) is 13.1 Å². The van der Waals surface area contributed by atoms with Gasteiger partial charge in [-0.3, -0.25) is 19.1 Å². The molecule has 0 spiro atoms. The van der Waals surface area contributed by atoms with Gasteiger partial charge in [0.1, 0.15) is 6.04 Å². The second-order valence-corrected chi connectivity index (χ2v) is 7.16. The van der Waals surface area contributed by atoms with Crippen molar-refractivity contribution in [1.82, 2.24) is 9.80 Å². The van der Waals surface area contributed by atoms with Crippen LogP contribution in [0.25, 0.3) is 0 Å². The van der Waals surface area contributed by atoms with Crippen LogP contribution in [0.1, 0.15) is 5.56 Å². The summed E-state index contributed by atoms with van der Waals surface area (Å²) in [4.78, 5) is 15.1. The molecule has 0 aromatic heterocycles. The Labute approximate surface area is 135 Å². The highest BCUT2D eigenvalue weighted by atomic mass is 32.2. The lowest BCUT2D eigenvalue weighted by Crippen LogP contribution is -2.63. The second kappa shape index (κ2) is 7.37. The van der Waals surface area contributed by atoms with Gasteiger partial charge in [0.15, 0.2) is 5.37 Å². The van der Waals surface area contributed by atoms with E-state index in [1.165, 1.54) is 4.90 Å². The van der Waals surface area contributed by atoms with Crippen LogP contribution >= 0.6 is 0 Å². The monoisotopic (exact) mass is 342 g/mol. The summed E-state index contributed by atoms with van der Waals surface area (Å²) < 4.78 is 32.3. The molecule has 1 aliphatic heterocycles. The van der Waals surface area contributed by atoms with Crippen molar-refractivity contribution in [1.29, 1.82) is 0 Å². The van der Waals surface area contributed by atoms with Gasteiger partial charge in [0.2, 0.25) is 5.91 Å². The first-order chi connectivity index (χ1) is 10.8. The number of carbonyl (C=O) groups is 1. The van der Waals surface area contributed by atoms with E-state index < -0.39 is 27.4 Å². The van der Waals surface area contributed by atoms with Crippen LogP contribution in [-0.4, -0.2) is 66.3 Å². The van der Waals surface area contributed by atoms with Crippen LogP contribution in [0.2, 0.25) is 0 Å². The number of rotatable bonds is 6. The van der Waals surface area contributed by atoms with Crippen LogP contribution in [0, 0.1) is 0 Å². The van der Waals surface area contributed by atoms with Gasteiger partial charge < -0.3 is 11.5 Å². The number of nitrogens with two attached hydrogens (primary N) is 2. The van der Waals surface area contributed by atoms with Crippen LogP contribution in [0.5, 0.6) is 0 Å². The smallest absolute Gasteiger partial charge is 0.282 e. The summed E-state index contributed by atoms with van der Waals surface area (Å²) in [5.41, 5.74) is 12.0. The second-order valence-electron chi connectivity index (χ2n) is 5.58. The molecule has 0 bridgehead atoms. The fourth-order valence-electron chi connectivity index (χ4n) is 2.86. The molecule has 2 unspecified atom stereocenters. The van der Waals surface area contributed by atoms with E-state index in [-0.39, 0.29) is 19.6 Å². The van der Waals surface area contributed by atoms with Crippen molar-refractivity contribution >= 4 is 16.0 Å². The normalized spacial score (nSPS) is 21.9. The maximum Gasteiger partial charge on any atom is 0.282 e. The molecule has 5 N–H and O–H groups in total. The van der Waals surface area contributed by atoms with E-state index in [4.69, 9.17) is 11.5 Å². The zero-order chi connectivity index (χ0) is 17.0. The zero-order valence-corrected chi connectivity index (χ0v) is 13.5. The van der Waals surface area contributed by atoms with Gasteiger partial charge in [0.25, 0.3) is 10.1 Å². The van der Waals surface area contributed by atoms with Crippen molar-refractivity contribution in [3.8, 4) is 0 Å². The lowest BCUT2D eigenvalue weighted by molar-refractivity contribution is -0.126. The Bertz CT molecular complexity index is 637. The molecule has 2 atom stereocenters. The molecule has 1 heterocycles. The summed E-state index contributed by atoms with van der Waals surface area (Å²) in [6.45, 7) is 1.45. The van der Waals surface area contributed by atoms with Gasteiger partial charge in [-0.2, -0.15) is 8.42 Å². The molecular formula is C14H22N4O4S. The lowest BCUT2D eigenvalue weighted by atomic mass is 10.1. The van der Waals surface area contributed by atoms with Crippen molar-refractivity contribution < 1.29 is 17.8 Å². The van der Waals surface area contributed by atoms with E-state index in [9.17, 15) is 17.8 Å². The largest absolute Gasteiger partial charge is 0.368 e. The predicted molar refractivity (Wildman–Crippen MR) is 85.8 cm³/mol. The van der Waals surface area contributed by atoms with E-state index in [1.54, 1.807) is 0 Å². The van der Waals surface area contributed by atoms with Gasteiger partial charge in [-0.1, -0.05) is 30.3 Å². The van der Waals surface area contributed by atoms with Crippen molar-refractivity contribution in [2.75, 3.05) is 26.2 Å². The lowest BCUT2D eigenvalue weighted by Gasteiger charge is -2.42. The number of amides is 1. The van der Waals surface area contributed by atoms with Crippen molar-refractivity contribution in [2.45, 2.75) is 18.0 Å². The van der Waals surface area contributed by atoms with Gasteiger partial charge in [0, 0.05) is 32.7 Å². The minimum atomic E-state index is -4.38. The third-order valence-electron chi connectivity index (χ3n) is 4.00. The number of primary amides is 1. The average molecular weight is 342 g/mol. The molecular weight excluding hydrogens is 320 g/mol. The Hall–Kier alpha value is -1.52. The highest BCUT2D eigenvalue weighted by molar-refractivity contribution is 7.86. The van der Waals surface area contributed by atoms with Crippen LogP contribution in [0.3, 0.4) is 0 Å². The molecule has 8 nitrogen and oxygen atoms in total. The molecule has 1 saturated heterocycles. The van der Waals surface area contributed by atoms with Gasteiger partial charge in [-0.05, 0) is 5.56 Å². The van der Waals surface area contributed by atoms with Crippen molar-refractivity contribution in [3.05, 3.63) is 35.9 Å². The molecule has 1 amide bonds. The number of nitrogens with zero attached hydrogens (tertiary/aromatic N) is 2. The third kappa shape index (κ3) is 4.49. The summed E-state index contributed by atoms with van der Waals surface area (Å²) in [7, 11) is -4.38.